The number of para-hydroxylation sites is 1. The molecule has 1 aromatic carbocycles. The smallest absolute Gasteiger partial charge is 0.338 e. The molecule has 0 aliphatic carbocycles. The highest BCUT2D eigenvalue weighted by Crippen LogP contribution is 2.33. The summed E-state index contributed by atoms with van der Waals surface area (Å²) in [6.07, 6.45) is 1.96. The van der Waals surface area contributed by atoms with Crippen molar-refractivity contribution in [2.24, 2.45) is 5.92 Å². The SMILES string of the molecule is CCCCOc1ccccc1[C@H]1NC(=O)NC(C)=C1C(=O)OCC(C)C. The molecule has 26 heavy (non-hydrogen) atoms. The fourth-order valence-electron chi connectivity index (χ4n) is 2.69. The predicted molar refractivity (Wildman–Crippen MR) is 99.8 cm³/mol. The van der Waals surface area contributed by atoms with E-state index in [1.165, 1.54) is 0 Å². The molecular weight excluding hydrogens is 332 g/mol. The van der Waals surface area contributed by atoms with Gasteiger partial charge < -0.3 is 20.1 Å². The van der Waals surface area contributed by atoms with E-state index in [2.05, 4.69) is 17.6 Å². The van der Waals surface area contributed by atoms with Crippen molar-refractivity contribution in [2.75, 3.05) is 13.2 Å². The molecule has 1 aliphatic heterocycles. The summed E-state index contributed by atoms with van der Waals surface area (Å²) in [6, 6.07) is 6.49. The van der Waals surface area contributed by atoms with Crippen molar-refractivity contribution in [3.05, 3.63) is 41.1 Å². The Morgan fingerprint density at radius 3 is 2.69 bits per heavy atom. The van der Waals surface area contributed by atoms with Crippen molar-refractivity contribution < 1.29 is 19.1 Å². The van der Waals surface area contributed by atoms with Crippen LogP contribution in [0.1, 0.15) is 52.1 Å². The van der Waals surface area contributed by atoms with E-state index >= 15 is 0 Å². The van der Waals surface area contributed by atoms with Gasteiger partial charge in [0.15, 0.2) is 0 Å². The number of carbonyl (C=O) groups excluding carboxylic acids is 2. The van der Waals surface area contributed by atoms with Gasteiger partial charge in [0.25, 0.3) is 0 Å². The Morgan fingerprint density at radius 2 is 2.00 bits per heavy atom. The molecule has 0 saturated heterocycles. The van der Waals surface area contributed by atoms with Gasteiger partial charge in [-0.2, -0.15) is 0 Å². The number of benzene rings is 1. The van der Waals surface area contributed by atoms with Crippen molar-refractivity contribution in [1.82, 2.24) is 10.6 Å². The lowest BCUT2D eigenvalue weighted by Gasteiger charge is -2.29. The first kappa shape index (κ1) is 19.8. The number of unbranched alkanes of at least 4 members (excludes halogenated alkanes) is 1. The molecule has 2 amide bonds. The average Bonchev–Trinajstić information content (AvgIpc) is 2.59. The van der Waals surface area contributed by atoms with Gasteiger partial charge in [0.1, 0.15) is 5.75 Å². The number of esters is 1. The van der Waals surface area contributed by atoms with E-state index in [4.69, 9.17) is 9.47 Å². The molecule has 142 valence electrons. The van der Waals surface area contributed by atoms with Crippen molar-refractivity contribution in [3.8, 4) is 5.75 Å². The van der Waals surface area contributed by atoms with Crippen molar-refractivity contribution in [3.63, 3.8) is 0 Å². The molecule has 0 saturated carbocycles. The lowest BCUT2D eigenvalue weighted by atomic mass is 9.95. The third kappa shape index (κ3) is 5.00. The number of rotatable bonds is 8. The summed E-state index contributed by atoms with van der Waals surface area (Å²) in [6.45, 7) is 8.66. The first-order valence-corrected chi connectivity index (χ1v) is 9.11. The molecule has 1 heterocycles. The van der Waals surface area contributed by atoms with Crippen molar-refractivity contribution >= 4 is 12.0 Å². The number of carbonyl (C=O) groups is 2. The van der Waals surface area contributed by atoms with E-state index in [1.54, 1.807) is 6.92 Å². The highest BCUT2D eigenvalue weighted by Gasteiger charge is 2.33. The van der Waals surface area contributed by atoms with Crippen LogP contribution < -0.4 is 15.4 Å². The largest absolute Gasteiger partial charge is 0.493 e. The molecule has 1 atom stereocenters. The van der Waals surface area contributed by atoms with E-state index in [0.29, 0.717) is 30.2 Å². The maximum absolute atomic E-state index is 12.7. The second kappa shape index (κ2) is 9.27. The summed E-state index contributed by atoms with van der Waals surface area (Å²) in [5, 5.41) is 5.48. The molecule has 0 bridgehead atoms. The molecule has 1 aliphatic rings. The van der Waals surface area contributed by atoms with E-state index < -0.39 is 12.0 Å². The molecule has 0 aromatic heterocycles. The van der Waals surface area contributed by atoms with Crippen LogP contribution in [0.4, 0.5) is 4.79 Å². The Kier molecular flexibility index (Phi) is 7.06. The second-order valence-electron chi connectivity index (χ2n) is 6.80. The van der Waals surface area contributed by atoms with Gasteiger partial charge in [0, 0.05) is 11.3 Å². The van der Waals surface area contributed by atoms with Crippen LogP contribution in [0.15, 0.2) is 35.5 Å². The van der Waals surface area contributed by atoms with Gasteiger partial charge in [-0.15, -0.1) is 0 Å². The standard InChI is InChI=1S/C20H28N2O4/c1-5-6-11-25-16-10-8-7-9-15(16)18-17(14(4)21-20(24)22-18)19(23)26-12-13(2)3/h7-10,13,18H,5-6,11-12H2,1-4H3,(H2,21,22,24)/t18-/m1/s1. The fourth-order valence-corrected chi connectivity index (χ4v) is 2.69. The van der Waals surface area contributed by atoms with Crippen LogP contribution in [0.25, 0.3) is 0 Å². The maximum atomic E-state index is 12.7. The van der Waals surface area contributed by atoms with Crippen LogP contribution in [-0.2, 0) is 9.53 Å². The third-order valence-electron chi connectivity index (χ3n) is 4.02. The summed E-state index contributed by atoms with van der Waals surface area (Å²) in [5.74, 6) is 0.460. The number of nitrogens with one attached hydrogen (secondary N) is 2. The Hall–Kier alpha value is -2.50. The second-order valence-corrected chi connectivity index (χ2v) is 6.80. The number of allylic oxidation sites excluding steroid dienone is 1. The van der Waals surface area contributed by atoms with E-state index in [9.17, 15) is 9.59 Å². The Balaban J connectivity index is 2.34. The molecule has 0 spiro atoms. The Morgan fingerprint density at radius 1 is 1.27 bits per heavy atom. The Labute approximate surface area is 154 Å². The zero-order chi connectivity index (χ0) is 19.1. The molecule has 1 aromatic rings. The first-order chi connectivity index (χ1) is 12.4. The van der Waals surface area contributed by atoms with Crippen LogP contribution in [0.3, 0.4) is 0 Å². The van der Waals surface area contributed by atoms with Crippen molar-refractivity contribution in [1.29, 1.82) is 0 Å². The van der Waals surface area contributed by atoms with Gasteiger partial charge in [-0.3, -0.25) is 0 Å². The van der Waals surface area contributed by atoms with Crippen molar-refractivity contribution in [2.45, 2.75) is 46.6 Å². The fraction of sp³-hybridized carbons (Fsp3) is 0.500. The van der Waals surface area contributed by atoms with Gasteiger partial charge in [-0.1, -0.05) is 45.4 Å². The maximum Gasteiger partial charge on any atom is 0.338 e. The number of hydrogen-bond donors (Lipinski definition) is 2. The first-order valence-electron chi connectivity index (χ1n) is 9.11. The summed E-state index contributed by atoms with van der Waals surface area (Å²) in [4.78, 5) is 24.7. The predicted octanol–water partition coefficient (Wildman–Crippen LogP) is 3.69. The number of urea groups is 1. The summed E-state index contributed by atoms with van der Waals surface area (Å²) >= 11 is 0. The van der Waals surface area contributed by atoms with Gasteiger partial charge >= 0.3 is 12.0 Å². The minimum absolute atomic E-state index is 0.231. The normalized spacial score (nSPS) is 17.0. The zero-order valence-electron chi connectivity index (χ0n) is 15.9. The van der Waals surface area contributed by atoms with E-state index in [0.717, 1.165) is 18.4 Å². The molecule has 0 radical (unpaired) electrons. The van der Waals surface area contributed by atoms with Crippen LogP contribution in [0, 0.1) is 5.92 Å². The zero-order valence-corrected chi connectivity index (χ0v) is 15.9. The lowest BCUT2D eigenvalue weighted by molar-refractivity contribution is -0.140. The molecule has 2 rings (SSSR count). The molecule has 6 heteroatoms. The molecule has 0 unspecified atom stereocenters. The summed E-state index contributed by atoms with van der Waals surface area (Å²) < 4.78 is 11.3. The van der Waals surface area contributed by atoms with Gasteiger partial charge in [0.2, 0.25) is 0 Å². The van der Waals surface area contributed by atoms with E-state index in [1.807, 2.05) is 38.1 Å². The quantitative estimate of drug-likeness (QED) is 0.547. The van der Waals surface area contributed by atoms with Crippen LogP contribution in [0.2, 0.25) is 0 Å². The van der Waals surface area contributed by atoms with Gasteiger partial charge in [-0.25, -0.2) is 9.59 Å². The number of ether oxygens (including phenoxy) is 2. The topological polar surface area (TPSA) is 76.7 Å². The third-order valence-corrected chi connectivity index (χ3v) is 4.02. The number of amides is 2. The molecule has 6 nitrogen and oxygen atoms in total. The van der Waals surface area contributed by atoms with Crippen LogP contribution >= 0.6 is 0 Å². The minimum atomic E-state index is -0.610. The van der Waals surface area contributed by atoms with E-state index in [-0.39, 0.29) is 11.9 Å². The summed E-state index contributed by atoms with van der Waals surface area (Å²) in [5.41, 5.74) is 1.64. The average molecular weight is 360 g/mol. The minimum Gasteiger partial charge on any atom is -0.493 e. The molecule has 2 N–H and O–H groups in total. The molecule has 0 fully saturated rings. The van der Waals surface area contributed by atoms with Crippen LogP contribution in [-0.4, -0.2) is 25.2 Å². The highest BCUT2D eigenvalue weighted by atomic mass is 16.5. The molecular formula is C20H28N2O4. The lowest BCUT2D eigenvalue weighted by Crippen LogP contribution is -2.45. The summed E-state index contributed by atoms with van der Waals surface area (Å²) in [7, 11) is 0. The van der Waals surface area contributed by atoms with Gasteiger partial charge in [-0.05, 0) is 25.3 Å². The Bertz CT molecular complexity index is 682. The highest BCUT2D eigenvalue weighted by molar-refractivity contribution is 5.95. The monoisotopic (exact) mass is 360 g/mol. The number of hydrogen-bond acceptors (Lipinski definition) is 4. The van der Waals surface area contributed by atoms with Gasteiger partial charge in [0.05, 0.1) is 24.8 Å². The van der Waals surface area contributed by atoms with Crippen LogP contribution in [0.5, 0.6) is 5.75 Å².